The molecule has 4 aromatic rings. The molecular formula is C39H46P2. The van der Waals surface area contributed by atoms with Crippen molar-refractivity contribution in [1.29, 1.82) is 0 Å². The van der Waals surface area contributed by atoms with Crippen molar-refractivity contribution in [2.45, 2.75) is 81.9 Å². The number of hydrogen-bond donors (Lipinski definition) is 0. The van der Waals surface area contributed by atoms with Crippen LogP contribution < -0.4 is 21.2 Å². The highest BCUT2D eigenvalue weighted by Gasteiger charge is 2.40. The van der Waals surface area contributed by atoms with Gasteiger partial charge in [-0.3, -0.25) is 0 Å². The number of rotatable bonds is 10. The van der Waals surface area contributed by atoms with E-state index in [1.165, 1.54) is 70.6 Å². The van der Waals surface area contributed by atoms with Crippen molar-refractivity contribution < 1.29 is 0 Å². The van der Waals surface area contributed by atoms with E-state index in [4.69, 9.17) is 0 Å². The van der Waals surface area contributed by atoms with E-state index in [0.717, 1.165) is 23.2 Å². The van der Waals surface area contributed by atoms with Crippen LogP contribution in [-0.4, -0.2) is 11.3 Å². The Bertz CT molecular complexity index is 1100. The van der Waals surface area contributed by atoms with Crippen molar-refractivity contribution in [3.63, 3.8) is 0 Å². The van der Waals surface area contributed by atoms with Crippen LogP contribution in [0.15, 0.2) is 121 Å². The normalized spacial score (nSPS) is 18.4. The van der Waals surface area contributed by atoms with Gasteiger partial charge in [0.2, 0.25) is 0 Å². The van der Waals surface area contributed by atoms with Gasteiger partial charge >= 0.3 is 0 Å². The van der Waals surface area contributed by atoms with Crippen LogP contribution >= 0.6 is 15.8 Å². The van der Waals surface area contributed by atoms with E-state index in [1.54, 1.807) is 21.2 Å². The van der Waals surface area contributed by atoms with Gasteiger partial charge in [-0.2, -0.15) is 0 Å². The maximum Gasteiger partial charge on any atom is -0.00941 e. The summed E-state index contributed by atoms with van der Waals surface area (Å²) in [7, 11) is -0.886. The van der Waals surface area contributed by atoms with Gasteiger partial charge in [0, 0.05) is 0 Å². The zero-order valence-corrected chi connectivity index (χ0v) is 26.3. The fraction of sp³-hybridized carbons (Fsp3) is 0.385. The monoisotopic (exact) mass is 576 g/mol. The maximum absolute atomic E-state index is 2.45. The average Bonchev–Trinajstić information content (AvgIpc) is 3.07. The Hall–Kier alpha value is -2.26. The van der Waals surface area contributed by atoms with Crippen molar-refractivity contribution in [3.8, 4) is 0 Å². The van der Waals surface area contributed by atoms with Gasteiger partial charge < -0.3 is 0 Å². The van der Waals surface area contributed by atoms with E-state index in [1.807, 2.05) is 0 Å². The number of hydrogen-bond acceptors (Lipinski definition) is 0. The minimum atomic E-state index is -0.443. The van der Waals surface area contributed by atoms with E-state index >= 15 is 0 Å². The average molecular weight is 577 g/mol. The Morgan fingerprint density at radius 1 is 0.390 bits per heavy atom. The van der Waals surface area contributed by atoms with E-state index in [0.29, 0.717) is 0 Å². The van der Waals surface area contributed by atoms with Gasteiger partial charge in [-0.1, -0.05) is 160 Å². The molecule has 0 nitrogen and oxygen atoms in total. The molecule has 2 heteroatoms. The van der Waals surface area contributed by atoms with Gasteiger partial charge in [-0.25, -0.2) is 0 Å². The molecule has 0 aliphatic heterocycles. The lowest BCUT2D eigenvalue weighted by Crippen LogP contribution is -2.37. The molecule has 2 aliphatic rings. The third-order valence-corrected chi connectivity index (χ3v) is 15.7. The molecule has 4 aromatic carbocycles. The summed E-state index contributed by atoms with van der Waals surface area (Å²) in [6, 6.07) is 46.6. The summed E-state index contributed by atoms with van der Waals surface area (Å²) in [5, 5.41) is 6.32. The summed E-state index contributed by atoms with van der Waals surface area (Å²) < 4.78 is 0. The van der Waals surface area contributed by atoms with E-state index in [-0.39, 0.29) is 0 Å². The van der Waals surface area contributed by atoms with Crippen LogP contribution in [-0.2, 0) is 0 Å². The molecule has 2 fully saturated rings. The SMILES string of the molecule is c1ccc(P(c2ccccc2)[C@H](C[C@H](C2CCCCC2)P(c2ccccc2)c2ccccc2)C2CCCCC2)cc1. The molecule has 0 unspecified atom stereocenters. The molecule has 0 saturated heterocycles. The van der Waals surface area contributed by atoms with Gasteiger partial charge in [-0.05, 0) is 92.3 Å². The highest BCUT2D eigenvalue weighted by molar-refractivity contribution is 7.74. The van der Waals surface area contributed by atoms with Crippen LogP contribution in [0.25, 0.3) is 0 Å². The first-order chi connectivity index (χ1) is 20.4. The smallest absolute Gasteiger partial charge is 0.00941 e. The zero-order chi connectivity index (χ0) is 27.7. The van der Waals surface area contributed by atoms with Crippen LogP contribution in [0.3, 0.4) is 0 Å². The molecule has 41 heavy (non-hydrogen) atoms. The Morgan fingerprint density at radius 2 is 0.659 bits per heavy atom. The lowest BCUT2D eigenvalue weighted by Gasteiger charge is -2.44. The summed E-state index contributed by atoms with van der Waals surface area (Å²) in [5.41, 5.74) is 1.44. The zero-order valence-electron chi connectivity index (χ0n) is 24.5. The largest absolute Gasteiger partial charge is 0.0622 e. The van der Waals surface area contributed by atoms with Crippen LogP contribution in [0.1, 0.15) is 70.6 Å². The summed E-state index contributed by atoms with van der Waals surface area (Å²) in [6.45, 7) is 0. The Balaban J connectivity index is 1.48. The van der Waals surface area contributed by atoms with Crippen LogP contribution in [0, 0.1) is 11.8 Å². The van der Waals surface area contributed by atoms with E-state index < -0.39 is 15.8 Å². The Labute approximate surface area is 251 Å². The van der Waals surface area contributed by atoms with E-state index in [2.05, 4.69) is 121 Å². The molecule has 0 N–H and O–H groups in total. The Morgan fingerprint density at radius 3 is 0.927 bits per heavy atom. The van der Waals surface area contributed by atoms with Crippen LogP contribution in [0.2, 0.25) is 0 Å². The first-order valence-corrected chi connectivity index (χ1v) is 19.0. The van der Waals surface area contributed by atoms with Crippen LogP contribution in [0.4, 0.5) is 0 Å². The molecule has 212 valence electrons. The molecule has 6 rings (SSSR count). The van der Waals surface area contributed by atoms with Crippen molar-refractivity contribution >= 4 is 37.1 Å². The molecule has 0 aromatic heterocycles. The second-order valence-corrected chi connectivity index (χ2v) is 17.1. The molecule has 0 bridgehead atoms. The molecule has 2 atom stereocenters. The second-order valence-electron chi connectivity index (χ2n) is 12.2. The fourth-order valence-electron chi connectivity index (χ4n) is 7.72. The highest BCUT2D eigenvalue weighted by atomic mass is 31.1. The second kappa shape index (κ2) is 14.8. The van der Waals surface area contributed by atoms with Gasteiger partial charge in [0.15, 0.2) is 0 Å². The first-order valence-electron chi connectivity index (χ1n) is 16.2. The maximum atomic E-state index is 2.45. The summed E-state index contributed by atoms with van der Waals surface area (Å²) in [5.74, 6) is 1.65. The lowest BCUT2D eigenvalue weighted by atomic mass is 9.81. The standard InChI is InChI=1S/C39H46P2/c1-7-19-32(20-8-1)38(40(34-23-11-3-12-24-34)35-25-13-4-14-26-35)31-39(33-21-9-2-10-22-33)41(36-27-15-5-16-28-36)37-29-17-6-18-30-37/h3-6,11-18,23-30,32-33,38-39H,1-2,7-10,19-22,31H2/t38-,39-/m1/s1. The van der Waals surface area contributed by atoms with Gasteiger partial charge in [0.1, 0.15) is 0 Å². The molecule has 0 amide bonds. The highest BCUT2D eigenvalue weighted by Crippen LogP contribution is 2.55. The quantitative estimate of drug-likeness (QED) is 0.165. The van der Waals surface area contributed by atoms with Crippen LogP contribution in [0.5, 0.6) is 0 Å². The minimum Gasteiger partial charge on any atom is -0.0622 e. The number of benzene rings is 4. The molecule has 2 aliphatic carbocycles. The summed E-state index contributed by atoms with van der Waals surface area (Å²) in [6.07, 6.45) is 15.5. The third-order valence-electron chi connectivity index (χ3n) is 9.67. The van der Waals surface area contributed by atoms with Gasteiger partial charge in [-0.15, -0.1) is 0 Å². The Kier molecular flexibility index (Phi) is 10.4. The predicted octanol–water partition coefficient (Wildman–Crippen LogP) is 9.54. The first kappa shape index (κ1) is 28.8. The molecule has 0 spiro atoms. The lowest BCUT2D eigenvalue weighted by molar-refractivity contribution is 0.301. The predicted molar refractivity (Wildman–Crippen MR) is 183 cm³/mol. The summed E-state index contributed by atoms with van der Waals surface area (Å²) >= 11 is 0. The fourth-order valence-corrected chi connectivity index (χ4v) is 14.3. The summed E-state index contributed by atoms with van der Waals surface area (Å²) in [4.78, 5) is 0. The van der Waals surface area contributed by atoms with E-state index in [9.17, 15) is 0 Å². The van der Waals surface area contributed by atoms with Crippen molar-refractivity contribution in [3.05, 3.63) is 121 Å². The molecule has 2 saturated carbocycles. The topological polar surface area (TPSA) is 0 Å². The third kappa shape index (κ3) is 7.22. The van der Waals surface area contributed by atoms with Crippen molar-refractivity contribution in [2.75, 3.05) is 0 Å². The molecule has 0 radical (unpaired) electrons. The van der Waals surface area contributed by atoms with Crippen molar-refractivity contribution in [1.82, 2.24) is 0 Å². The minimum absolute atomic E-state index is 0.443. The van der Waals surface area contributed by atoms with Gasteiger partial charge in [0.05, 0.1) is 0 Å². The van der Waals surface area contributed by atoms with Crippen molar-refractivity contribution in [2.24, 2.45) is 11.8 Å². The molecule has 0 heterocycles. The molecular weight excluding hydrogens is 530 g/mol. The van der Waals surface area contributed by atoms with Gasteiger partial charge in [0.25, 0.3) is 0 Å².